The predicted octanol–water partition coefficient (Wildman–Crippen LogP) is 4.13. The van der Waals surface area contributed by atoms with Gasteiger partial charge in [-0.3, -0.25) is 0 Å². The molecule has 2 rings (SSSR count). The first-order valence-electron chi connectivity index (χ1n) is 7.12. The van der Waals surface area contributed by atoms with E-state index in [1.165, 1.54) is 5.56 Å². The van der Waals surface area contributed by atoms with Crippen molar-refractivity contribution in [3.8, 4) is 0 Å². The molecule has 0 aromatic heterocycles. The van der Waals surface area contributed by atoms with Crippen LogP contribution in [0.3, 0.4) is 0 Å². The van der Waals surface area contributed by atoms with Crippen molar-refractivity contribution in [2.75, 3.05) is 6.61 Å². The molecule has 0 heterocycles. The number of hydrogen-bond acceptors (Lipinski definition) is 2. The van der Waals surface area contributed by atoms with Crippen molar-refractivity contribution in [1.82, 2.24) is 0 Å². The molecule has 2 N–H and O–H groups in total. The van der Waals surface area contributed by atoms with Gasteiger partial charge in [0.2, 0.25) is 0 Å². The van der Waals surface area contributed by atoms with Crippen LogP contribution in [0, 0.1) is 6.92 Å². The third kappa shape index (κ3) is 5.16. The van der Waals surface area contributed by atoms with Crippen molar-refractivity contribution in [2.24, 2.45) is 5.73 Å². The Morgan fingerprint density at radius 1 is 1.10 bits per heavy atom. The summed E-state index contributed by atoms with van der Waals surface area (Å²) in [5.74, 6) is 0. The predicted molar refractivity (Wildman–Crippen MR) is 88.6 cm³/mol. The molecular weight excluding hydrogens is 282 g/mol. The SMILES string of the molecule is Cc1cc(CC(C)(N)COCc2ccccc2)ccc1Cl. The normalized spacial score (nSPS) is 13.9. The Kier molecular flexibility index (Phi) is 5.40. The first kappa shape index (κ1) is 16.0. The van der Waals surface area contributed by atoms with E-state index in [1.54, 1.807) is 0 Å². The van der Waals surface area contributed by atoms with Gasteiger partial charge in [0.05, 0.1) is 13.2 Å². The van der Waals surface area contributed by atoms with Gasteiger partial charge in [0.1, 0.15) is 0 Å². The Morgan fingerprint density at radius 3 is 2.48 bits per heavy atom. The lowest BCUT2D eigenvalue weighted by molar-refractivity contribution is 0.0791. The zero-order chi connectivity index (χ0) is 15.3. The molecule has 0 amide bonds. The van der Waals surface area contributed by atoms with Crippen molar-refractivity contribution in [1.29, 1.82) is 0 Å². The van der Waals surface area contributed by atoms with E-state index in [0.717, 1.165) is 22.6 Å². The van der Waals surface area contributed by atoms with Gasteiger partial charge in [-0.2, -0.15) is 0 Å². The molecule has 2 nitrogen and oxygen atoms in total. The molecule has 0 fully saturated rings. The Labute approximate surface area is 131 Å². The first-order valence-corrected chi connectivity index (χ1v) is 7.50. The molecule has 0 saturated heterocycles. The summed E-state index contributed by atoms with van der Waals surface area (Å²) in [4.78, 5) is 0. The molecule has 0 saturated carbocycles. The van der Waals surface area contributed by atoms with Crippen LogP contribution in [0.5, 0.6) is 0 Å². The van der Waals surface area contributed by atoms with E-state index >= 15 is 0 Å². The van der Waals surface area contributed by atoms with E-state index in [1.807, 2.05) is 44.2 Å². The average molecular weight is 304 g/mol. The van der Waals surface area contributed by atoms with Crippen LogP contribution in [0.4, 0.5) is 0 Å². The standard InChI is InChI=1S/C18H22ClNO/c1-14-10-16(8-9-17(14)19)11-18(2,20)13-21-12-15-6-4-3-5-7-15/h3-10H,11-13,20H2,1-2H3. The lowest BCUT2D eigenvalue weighted by Crippen LogP contribution is -2.43. The fraction of sp³-hybridized carbons (Fsp3) is 0.333. The number of ether oxygens (including phenoxy) is 1. The third-order valence-corrected chi connectivity index (χ3v) is 3.80. The monoisotopic (exact) mass is 303 g/mol. The van der Waals surface area contributed by atoms with E-state index < -0.39 is 5.54 Å². The lowest BCUT2D eigenvalue weighted by atomic mass is 9.94. The Balaban J connectivity index is 1.87. The number of nitrogens with two attached hydrogens (primary N) is 1. The molecule has 21 heavy (non-hydrogen) atoms. The fourth-order valence-electron chi connectivity index (χ4n) is 2.31. The van der Waals surface area contributed by atoms with E-state index in [4.69, 9.17) is 22.1 Å². The van der Waals surface area contributed by atoms with Gasteiger partial charge in [0.15, 0.2) is 0 Å². The Hall–Kier alpha value is -1.35. The second-order valence-electron chi connectivity index (χ2n) is 5.89. The molecule has 2 aromatic carbocycles. The zero-order valence-electron chi connectivity index (χ0n) is 12.6. The molecule has 3 heteroatoms. The second kappa shape index (κ2) is 7.08. The molecular formula is C18H22ClNO. The van der Waals surface area contributed by atoms with Crippen LogP contribution in [0.1, 0.15) is 23.6 Å². The molecule has 112 valence electrons. The summed E-state index contributed by atoms with van der Waals surface area (Å²) in [6.45, 7) is 5.13. The summed E-state index contributed by atoms with van der Waals surface area (Å²) in [6, 6.07) is 16.2. The number of hydrogen-bond donors (Lipinski definition) is 1. The van der Waals surface area contributed by atoms with E-state index in [0.29, 0.717) is 13.2 Å². The van der Waals surface area contributed by atoms with Crippen LogP contribution < -0.4 is 5.73 Å². The highest BCUT2D eigenvalue weighted by Gasteiger charge is 2.19. The number of halogens is 1. The molecule has 0 aliphatic heterocycles. The fourth-order valence-corrected chi connectivity index (χ4v) is 2.43. The van der Waals surface area contributed by atoms with Crippen LogP contribution in [0.25, 0.3) is 0 Å². The van der Waals surface area contributed by atoms with Gasteiger partial charge < -0.3 is 10.5 Å². The summed E-state index contributed by atoms with van der Waals surface area (Å²) >= 11 is 6.05. The van der Waals surface area contributed by atoms with Crippen LogP contribution in [0.15, 0.2) is 48.5 Å². The van der Waals surface area contributed by atoms with E-state index in [2.05, 4.69) is 18.2 Å². The van der Waals surface area contributed by atoms with Gasteiger partial charge >= 0.3 is 0 Å². The molecule has 1 atom stereocenters. The number of benzene rings is 2. The van der Waals surface area contributed by atoms with Crippen LogP contribution in [0.2, 0.25) is 5.02 Å². The minimum atomic E-state index is -0.394. The largest absolute Gasteiger partial charge is 0.375 e. The number of aryl methyl sites for hydroxylation is 1. The van der Waals surface area contributed by atoms with E-state index in [9.17, 15) is 0 Å². The minimum absolute atomic E-state index is 0.394. The first-order chi connectivity index (χ1) is 9.96. The zero-order valence-corrected chi connectivity index (χ0v) is 13.4. The topological polar surface area (TPSA) is 35.2 Å². The highest BCUT2D eigenvalue weighted by Crippen LogP contribution is 2.19. The van der Waals surface area contributed by atoms with Crippen molar-refractivity contribution in [3.63, 3.8) is 0 Å². The maximum absolute atomic E-state index is 6.34. The molecule has 1 unspecified atom stereocenters. The van der Waals surface area contributed by atoms with Crippen molar-refractivity contribution in [2.45, 2.75) is 32.4 Å². The maximum Gasteiger partial charge on any atom is 0.0717 e. The Bertz CT molecular complexity index is 581. The van der Waals surface area contributed by atoms with Crippen molar-refractivity contribution in [3.05, 3.63) is 70.2 Å². The molecule has 0 radical (unpaired) electrons. The van der Waals surface area contributed by atoms with Crippen molar-refractivity contribution >= 4 is 11.6 Å². The lowest BCUT2D eigenvalue weighted by Gasteiger charge is -2.25. The second-order valence-corrected chi connectivity index (χ2v) is 6.30. The Morgan fingerprint density at radius 2 is 1.81 bits per heavy atom. The average Bonchev–Trinajstić information content (AvgIpc) is 2.43. The number of rotatable bonds is 6. The van der Waals surface area contributed by atoms with Gasteiger partial charge in [-0.1, -0.05) is 54.1 Å². The third-order valence-electron chi connectivity index (χ3n) is 3.37. The highest BCUT2D eigenvalue weighted by molar-refractivity contribution is 6.31. The van der Waals surface area contributed by atoms with Gasteiger partial charge in [-0.25, -0.2) is 0 Å². The van der Waals surface area contributed by atoms with Crippen LogP contribution >= 0.6 is 11.6 Å². The van der Waals surface area contributed by atoms with Gasteiger partial charge in [-0.15, -0.1) is 0 Å². The molecule has 0 spiro atoms. The summed E-state index contributed by atoms with van der Waals surface area (Å²) < 4.78 is 5.76. The van der Waals surface area contributed by atoms with Crippen molar-refractivity contribution < 1.29 is 4.74 Å². The summed E-state index contributed by atoms with van der Waals surface area (Å²) in [5.41, 5.74) is 9.38. The van der Waals surface area contributed by atoms with Crippen LogP contribution in [-0.2, 0) is 17.8 Å². The van der Waals surface area contributed by atoms with Gasteiger partial charge in [-0.05, 0) is 43.0 Å². The summed E-state index contributed by atoms with van der Waals surface area (Å²) in [7, 11) is 0. The smallest absolute Gasteiger partial charge is 0.0717 e. The summed E-state index contributed by atoms with van der Waals surface area (Å²) in [5, 5.41) is 0.790. The molecule has 2 aromatic rings. The molecule has 0 aliphatic carbocycles. The van der Waals surface area contributed by atoms with Gasteiger partial charge in [0.25, 0.3) is 0 Å². The summed E-state index contributed by atoms with van der Waals surface area (Å²) in [6.07, 6.45) is 0.764. The van der Waals surface area contributed by atoms with Crippen LogP contribution in [-0.4, -0.2) is 12.1 Å². The molecule has 0 bridgehead atoms. The van der Waals surface area contributed by atoms with E-state index in [-0.39, 0.29) is 0 Å². The van der Waals surface area contributed by atoms with Gasteiger partial charge in [0, 0.05) is 10.6 Å². The highest BCUT2D eigenvalue weighted by atomic mass is 35.5. The molecule has 0 aliphatic rings. The minimum Gasteiger partial charge on any atom is -0.375 e. The maximum atomic E-state index is 6.34. The quantitative estimate of drug-likeness (QED) is 0.871.